The van der Waals surface area contributed by atoms with Crippen LogP contribution in [0, 0.1) is 5.92 Å². The summed E-state index contributed by atoms with van der Waals surface area (Å²) in [5.41, 5.74) is 0. The van der Waals surface area contributed by atoms with E-state index in [1.807, 2.05) is 6.92 Å². The number of rotatable bonds is 6. The van der Waals surface area contributed by atoms with Gasteiger partial charge in [0.15, 0.2) is 0 Å². The number of ether oxygens (including phenoxy) is 1. The summed E-state index contributed by atoms with van der Waals surface area (Å²) in [4.78, 5) is 11.3. The maximum absolute atomic E-state index is 12.8. The van der Waals surface area contributed by atoms with Crippen LogP contribution in [0.1, 0.15) is 39.0 Å². The van der Waals surface area contributed by atoms with Gasteiger partial charge in [-0.3, -0.25) is 4.79 Å². The topological polar surface area (TPSA) is 83.9 Å². The summed E-state index contributed by atoms with van der Waals surface area (Å²) in [6.07, 6.45) is 3.93. The molecule has 1 N–H and O–H groups in total. The predicted octanol–water partition coefficient (Wildman–Crippen LogP) is 1.07. The fourth-order valence-corrected chi connectivity index (χ4v) is 5.48. The highest BCUT2D eigenvalue weighted by Gasteiger charge is 2.45. The number of hydrogen-bond donors (Lipinski definition) is 1. The smallest absolute Gasteiger partial charge is 0.310 e. The van der Waals surface area contributed by atoms with Crippen LogP contribution in [-0.4, -0.2) is 54.8 Å². The molecule has 2 unspecified atom stereocenters. The third-order valence-corrected chi connectivity index (χ3v) is 6.65. The molecule has 2 atom stereocenters. The van der Waals surface area contributed by atoms with Crippen molar-refractivity contribution in [2.75, 3.05) is 19.8 Å². The van der Waals surface area contributed by atoms with Crippen molar-refractivity contribution in [3.63, 3.8) is 0 Å². The van der Waals surface area contributed by atoms with E-state index in [9.17, 15) is 18.3 Å². The number of carboxylic acid groups (broad SMARTS) is 1. The molecule has 0 bridgehead atoms. The Bertz CT molecular complexity index is 444. The average Bonchev–Trinajstić information content (AvgIpc) is 3.06. The van der Waals surface area contributed by atoms with Gasteiger partial charge >= 0.3 is 5.97 Å². The number of sulfonamides is 1. The molecule has 6 nitrogen and oxygen atoms in total. The van der Waals surface area contributed by atoms with Gasteiger partial charge in [0.25, 0.3) is 0 Å². The molecule has 116 valence electrons. The van der Waals surface area contributed by atoms with Crippen LogP contribution in [0.5, 0.6) is 0 Å². The molecule has 0 radical (unpaired) electrons. The third-order valence-electron chi connectivity index (χ3n) is 4.23. The molecule has 0 aromatic heterocycles. The largest absolute Gasteiger partial charge is 0.481 e. The first kappa shape index (κ1) is 15.7. The van der Waals surface area contributed by atoms with E-state index in [0.29, 0.717) is 25.8 Å². The second kappa shape index (κ2) is 6.41. The van der Waals surface area contributed by atoms with Gasteiger partial charge in [0, 0.05) is 6.54 Å². The van der Waals surface area contributed by atoms with Crippen molar-refractivity contribution in [3.05, 3.63) is 0 Å². The molecule has 2 fully saturated rings. The van der Waals surface area contributed by atoms with E-state index in [-0.39, 0.29) is 18.5 Å². The minimum absolute atomic E-state index is 0.0976. The third kappa shape index (κ3) is 2.99. The van der Waals surface area contributed by atoms with Gasteiger partial charge in [-0.25, -0.2) is 8.42 Å². The SMILES string of the molecule is CCCN(C1COCC1C(=O)O)S(=O)(=O)C1CCCC1. The van der Waals surface area contributed by atoms with Crippen molar-refractivity contribution in [1.29, 1.82) is 0 Å². The minimum atomic E-state index is -3.42. The molecule has 0 spiro atoms. The molecule has 1 aliphatic heterocycles. The maximum atomic E-state index is 12.8. The van der Waals surface area contributed by atoms with Gasteiger partial charge in [-0.05, 0) is 19.3 Å². The zero-order valence-electron chi connectivity index (χ0n) is 11.8. The van der Waals surface area contributed by atoms with Gasteiger partial charge in [0.05, 0.1) is 30.4 Å². The van der Waals surface area contributed by atoms with E-state index in [4.69, 9.17) is 4.74 Å². The lowest BCUT2D eigenvalue weighted by Crippen LogP contribution is -2.49. The quantitative estimate of drug-likeness (QED) is 0.793. The molecule has 0 amide bonds. The lowest BCUT2D eigenvalue weighted by atomic mass is 10.0. The molecule has 7 heteroatoms. The number of aliphatic carboxylic acids is 1. The van der Waals surface area contributed by atoms with Crippen LogP contribution in [-0.2, 0) is 19.6 Å². The lowest BCUT2D eigenvalue weighted by Gasteiger charge is -2.31. The zero-order valence-corrected chi connectivity index (χ0v) is 12.6. The van der Waals surface area contributed by atoms with Crippen LogP contribution in [0.2, 0.25) is 0 Å². The van der Waals surface area contributed by atoms with Gasteiger partial charge in [-0.1, -0.05) is 19.8 Å². The second-order valence-electron chi connectivity index (χ2n) is 5.61. The Morgan fingerprint density at radius 3 is 2.50 bits per heavy atom. The average molecular weight is 305 g/mol. The summed E-state index contributed by atoms with van der Waals surface area (Å²) in [5.74, 6) is -1.73. The Hall–Kier alpha value is -0.660. The molecule has 0 aromatic rings. The van der Waals surface area contributed by atoms with E-state index in [1.54, 1.807) is 0 Å². The van der Waals surface area contributed by atoms with Crippen molar-refractivity contribution in [3.8, 4) is 0 Å². The number of nitrogens with zero attached hydrogens (tertiary/aromatic N) is 1. The molecule has 1 aliphatic carbocycles. The van der Waals surface area contributed by atoms with Gasteiger partial charge in [-0.15, -0.1) is 0 Å². The van der Waals surface area contributed by atoms with Crippen LogP contribution >= 0.6 is 0 Å². The van der Waals surface area contributed by atoms with E-state index < -0.39 is 28.0 Å². The Morgan fingerprint density at radius 2 is 1.95 bits per heavy atom. The Labute approximate surface area is 120 Å². The van der Waals surface area contributed by atoms with E-state index in [2.05, 4.69) is 0 Å². The fraction of sp³-hybridized carbons (Fsp3) is 0.923. The van der Waals surface area contributed by atoms with Crippen LogP contribution in [0.3, 0.4) is 0 Å². The summed E-state index contributed by atoms with van der Waals surface area (Å²) in [5, 5.41) is 8.89. The first-order valence-electron chi connectivity index (χ1n) is 7.29. The van der Waals surface area contributed by atoms with E-state index >= 15 is 0 Å². The van der Waals surface area contributed by atoms with Crippen molar-refractivity contribution in [2.24, 2.45) is 5.92 Å². The predicted molar refractivity (Wildman–Crippen MR) is 73.9 cm³/mol. The highest BCUT2D eigenvalue weighted by atomic mass is 32.2. The number of hydrogen-bond acceptors (Lipinski definition) is 4. The first-order valence-corrected chi connectivity index (χ1v) is 8.80. The summed E-state index contributed by atoms with van der Waals surface area (Å²) in [6, 6.07) is -0.557. The van der Waals surface area contributed by atoms with Crippen molar-refractivity contribution >= 4 is 16.0 Å². The molecule has 2 rings (SSSR count). The van der Waals surface area contributed by atoms with Crippen molar-refractivity contribution in [1.82, 2.24) is 4.31 Å². The highest BCUT2D eigenvalue weighted by Crippen LogP contribution is 2.31. The van der Waals surface area contributed by atoms with Crippen molar-refractivity contribution < 1.29 is 23.1 Å². The van der Waals surface area contributed by atoms with E-state index in [0.717, 1.165) is 12.8 Å². The van der Waals surface area contributed by atoms with Gasteiger partial charge < -0.3 is 9.84 Å². The molecule has 1 saturated heterocycles. The molecule has 1 saturated carbocycles. The van der Waals surface area contributed by atoms with Gasteiger partial charge in [0.2, 0.25) is 10.0 Å². The van der Waals surface area contributed by atoms with Crippen LogP contribution < -0.4 is 0 Å². The Balaban J connectivity index is 2.23. The molecule has 2 aliphatic rings. The summed E-state index contributed by atoms with van der Waals surface area (Å²) < 4.78 is 32.2. The molecular formula is C13H23NO5S. The highest BCUT2D eigenvalue weighted by molar-refractivity contribution is 7.89. The first-order chi connectivity index (χ1) is 9.48. The number of carboxylic acids is 1. The fourth-order valence-electron chi connectivity index (χ4n) is 3.14. The Kier molecular flexibility index (Phi) is 5.04. The summed E-state index contributed by atoms with van der Waals surface area (Å²) in [6.45, 7) is 2.56. The molecule has 1 heterocycles. The summed E-state index contributed by atoms with van der Waals surface area (Å²) >= 11 is 0. The molecular weight excluding hydrogens is 282 g/mol. The van der Waals surface area contributed by atoms with Crippen molar-refractivity contribution in [2.45, 2.75) is 50.3 Å². The monoisotopic (exact) mass is 305 g/mol. The van der Waals surface area contributed by atoms with Gasteiger partial charge in [0.1, 0.15) is 0 Å². The van der Waals surface area contributed by atoms with Crippen LogP contribution in [0.4, 0.5) is 0 Å². The van der Waals surface area contributed by atoms with Gasteiger partial charge in [-0.2, -0.15) is 4.31 Å². The summed E-state index contributed by atoms with van der Waals surface area (Å²) in [7, 11) is -3.42. The van der Waals surface area contributed by atoms with Crippen LogP contribution in [0.25, 0.3) is 0 Å². The number of carbonyl (C=O) groups is 1. The van der Waals surface area contributed by atoms with Crippen LogP contribution in [0.15, 0.2) is 0 Å². The lowest BCUT2D eigenvalue weighted by molar-refractivity contribution is -0.142. The minimum Gasteiger partial charge on any atom is -0.481 e. The normalized spacial score (nSPS) is 28.3. The molecule has 20 heavy (non-hydrogen) atoms. The second-order valence-corrected chi connectivity index (χ2v) is 7.78. The molecule has 0 aromatic carbocycles. The van der Waals surface area contributed by atoms with E-state index in [1.165, 1.54) is 4.31 Å². The Morgan fingerprint density at radius 1 is 1.30 bits per heavy atom. The zero-order chi connectivity index (χ0) is 14.8. The standard InChI is InChI=1S/C13H23NO5S/c1-2-7-14(12-9-19-8-11(12)13(15)16)20(17,18)10-5-3-4-6-10/h10-12H,2-9H2,1H3,(H,15,16). The maximum Gasteiger partial charge on any atom is 0.310 e.